The van der Waals surface area contributed by atoms with Crippen molar-refractivity contribution in [2.75, 3.05) is 13.1 Å². The molecule has 4 heteroatoms. The van der Waals surface area contributed by atoms with E-state index in [0.717, 1.165) is 35.0 Å². The molecule has 1 saturated carbocycles. The van der Waals surface area contributed by atoms with E-state index in [1.54, 1.807) is 0 Å². The van der Waals surface area contributed by atoms with Crippen LogP contribution in [0.5, 0.6) is 0 Å². The van der Waals surface area contributed by atoms with E-state index < -0.39 is 0 Å². The third kappa shape index (κ3) is 2.68. The fraction of sp³-hybridized carbons (Fsp3) is 0.421. The van der Waals surface area contributed by atoms with Gasteiger partial charge in [0.15, 0.2) is 0 Å². The summed E-state index contributed by atoms with van der Waals surface area (Å²) < 4.78 is 0. The fourth-order valence-corrected chi connectivity index (χ4v) is 3.34. The SMILES string of the molecule is N#CC1CCN(C(=O)c2cc(C3CC3)nc3ccccc23)CC1. The number of pyridine rings is 1. The second-order valence-electron chi connectivity index (χ2n) is 6.58. The number of hydrogen-bond acceptors (Lipinski definition) is 3. The van der Waals surface area contributed by atoms with Crippen LogP contribution < -0.4 is 0 Å². The Bertz CT molecular complexity index is 796. The van der Waals surface area contributed by atoms with Crippen LogP contribution in [-0.2, 0) is 0 Å². The van der Waals surface area contributed by atoms with Crippen LogP contribution in [0, 0.1) is 17.2 Å². The highest BCUT2D eigenvalue weighted by Crippen LogP contribution is 2.40. The van der Waals surface area contributed by atoms with Gasteiger partial charge in [-0.3, -0.25) is 9.78 Å². The van der Waals surface area contributed by atoms with E-state index in [9.17, 15) is 4.79 Å². The van der Waals surface area contributed by atoms with Crippen molar-refractivity contribution in [1.29, 1.82) is 5.26 Å². The van der Waals surface area contributed by atoms with Crippen molar-refractivity contribution in [3.8, 4) is 6.07 Å². The maximum atomic E-state index is 13.0. The van der Waals surface area contributed by atoms with Crippen LogP contribution in [0.1, 0.15) is 47.7 Å². The summed E-state index contributed by atoms with van der Waals surface area (Å²) in [4.78, 5) is 19.7. The molecule has 1 aliphatic heterocycles. The highest BCUT2D eigenvalue weighted by atomic mass is 16.2. The molecule has 2 aromatic rings. The summed E-state index contributed by atoms with van der Waals surface area (Å²) in [5.74, 6) is 0.702. The Morgan fingerprint density at radius 3 is 2.61 bits per heavy atom. The molecule has 1 aromatic carbocycles. The lowest BCUT2D eigenvalue weighted by molar-refractivity contribution is 0.0709. The summed E-state index contributed by atoms with van der Waals surface area (Å²) in [5, 5.41) is 9.95. The van der Waals surface area contributed by atoms with Crippen LogP contribution in [-0.4, -0.2) is 28.9 Å². The van der Waals surface area contributed by atoms with Crippen LogP contribution in [0.2, 0.25) is 0 Å². The van der Waals surface area contributed by atoms with Crippen LogP contribution in [0.25, 0.3) is 10.9 Å². The molecule has 4 rings (SSSR count). The lowest BCUT2D eigenvalue weighted by Gasteiger charge is -2.29. The van der Waals surface area contributed by atoms with Gasteiger partial charge in [0.1, 0.15) is 0 Å². The lowest BCUT2D eigenvalue weighted by Crippen LogP contribution is -2.38. The highest BCUT2D eigenvalue weighted by molar-refractivity contribution is 6.06. The minimum absolute atomic E-state index is 0.0851. The van der Waals surface area contributed by atoms with Crippen molar-refractivity contribution in [3.05, 3.63) is 41.6 Å². The smallest absolute Gasteiger partial charge is 0.254 e. The van der Waals surface area contributed by atoms with Gasteiger partial charge in [0.05, 0.1) is 17.1 Å². The summed E-state index contributed by atoms with van der Waals surface area (Å²) >= 11 is 0. The molecule has 4 nitrogen and oxygen atoms in total. The molecule has 0 bridgehead atoms. The zero-order valence-corrected chi connectivity index (χ0v) is 13.0. The highest BCUT2D eigenvalue weighted by Gasteiger charge is 2.29. The summed E-state index contributed by atoms with van der Waals surface area (Å²) in [5.41, 5.74) is 2.74. The van der Waals surface area contributed by atoms with Crippen LogP contribution >= 0.6 is 0 Å². The van der Waals surface area contributed by atoms with E-state index in [-0.39, 0.29) is 11.8 Å². The molecule has 0 N–H and O–H groups in total. The minimum atomic E-state index is 0.0851. The number of benzene rings is 1. The maximum absolute atomic E-state index is 13.0. The largest absolute Gasteiger partial charge is 0.339 e. The second-order valence-corrected chi connectivity index (χ2v) is 6.58. The Balaban J connectivity index is 1.70. The van der Waals surface area contributed by atoms with Gasteiger partial charge >= 0.3 is 0 Å². The number of piperidine rings is 1. The molecular formula is C19H19N3O. The van der Waals surface area contributed by atoms with Crippen LogP contribution in [0.15, 0.2) is 30.3 Å². The molecule has 1 saturated heterocycles. The van der Waals surface area contributed by atoms with E-state index in [1.165, 1.54) is 12.8 Å². The van der Waals surface area contributed by atoms with E-state index >= 15 is 0 Å². The summed E-state index contributed by atoms with van der Waals surface area (Å²) in [6.45, 7) is 1.35. The number of hydrogen-bond donors (Lipinski definition) is 0. The van der Waals surface area contributed by atoms with Crippen molar-refractivity contribution >= 4 is 16.8 Å². The first kappa shape index (κ1) is 14.2. The Morgan fingerprint density at radius 1 is 1.17 bits per heavy atom. The van der Waals surface area contributed by atoms with Crippen LogP contribution in [0.3, 0.4) is 0 Å². The van der Waals surface area contributed by atoms with Crippen molar-refractivity contribution in [2.45, 2.75) is 31.6 Å². The fourth-order valence-electron chi connectivity index (χ4n) is 3.34. The molecular weight excluding hydrogens is 286 g/mol. The Kier molecular flexibility index (Phi) is 3.49. The summed E-state index contributed by atoms with van der Waals surface area (Å²) in [6, 6.07) is 12.2. The van der Waals surface area contributed by atoms with Gasteiger partial charge in [0.25, 0.3) is 5.91 Å². The number of amides is 1. The van der Waals surface area contributed by atoms with Crippen molar-refractivity contribution < 1.29 is 4.79 Å². The maximum Gasteiger partial charge on any atom is 0.254 e. The first-order chi connectivity index (χ1) is 11.3. The van der Waals surface area contributed by atoms with Crippen molar-refractivity contribution in [3.63, 3.8) is 0 Å². The van der Waals surface area contributed by atoms with Gasteiger partial charge in [-0.2, -0.15) is 5.26 Å². The van der Waals surface area contributed by atoms with Crippen LogP contribution in [0.4, 0.5) is 0 Å². The quantitative estimate of drug-likeness (QED) is 0.853. The third-order valence-corrected chi connectivity index (χ3v) is 4.93. The molecule has 2 fully saturated rings. The number of rotatable bonds is 2. The Morgan fingerprint density at radius 2 is 1.91 bits per heavy atom. The first-order valence-corrected chi connectivity index (χ1v) is 8.35. The third-order valence-electron chi connectivity index (χ3n) is 4.93. The van der Waals surface area contributed by atoms with Crippen molar-refractivity contribution in [1.82, 2.24) is 9.88 Å². The number of aromatic nitrogens is 1. The molecule has 1 amide bonds. The molecule has 1 aromatic heterocycles. The molecule has 116 valence electrons. The van der Waals surface area contributed by atoms with Gasteiger partial charge in [-0.1, -0.05) is 18.2 Å². The number of likely N-dealkylation sites (tertiary alicyclic amines) is 1. The zero-order valence-electron chi connectivity index (χ0n) is 13.0. The van der Waals surface area contributed by atoms with Gasteiger partial charge in [-0.05, 0) is 37.8 Å². The molecule has 0 spiro atoms. The molecule has 0 atom stereocenters. The molecule has 0 radical (unpaired) electrons. The number of nitrogens with zero attached hydrogens (tertiary/aromatic N) is 3. The van der Waals surface area contributed by atoms with E-state index in [4.69, 9.17) is 10.2 Å². The topological polar surface area (TPSA) is 57.0 Å². The van der Waals surface area contributed by atoms with Gasteiger partial charge < -0.3 is 4.90 Å². The van der Waals surface area contributed by atoms with Gasteiger partial charge in [0.2, 0.25) is 0 Å². The normalized spacial score (nSPS) is 18.8. The number of para-hydroxylation sites is 1. The molecule has 0 unspecified atom stereocenters. The number of fused-ring (bicyclic) bond motifs is 1. The number of nitriles is 1. The van der Waals surface area contributed by atoms with Gasteiger partial charge in [0, 0.05) is 36.0 Å². The average molecular weight is 305 g/mol. The van der Waals surface area contributed by atoms with Gasteiger partial charge in [-0.25, -0.2) is 0 Å². The molecule has 2 aliphatic rings. The minimum Gasteiger partial charge on any atom is -0.339 e. The van der Waals surface area contributed by atoms with E-state index in [1.807, 2.05) is 35.2 Å². The zero-order chi connectivity index (χ0) is 15.8. The predicted octanol–water partition coefficient (Wildman–Crippen LogP) is 3.49. The standard InChI is InChI=1S/C19H19N3O/c20-12-13-7-9-22(10-8-13)19(23)16-11-18(14-5-6-14)21-17-4-2-1-3-15(16)17/h1-4,11,13-14H,5-10H2. The Hall–Kier alpha value is -2.41. The second kappa shape index (κ2) is 5.66. The monoisotopic (exact) mass is 305 g/mol. The average Bonchev–Trinajstić information content (AvgIpc) is 3.45. The van der Waals surface area contributed by atoms with Gasteiger partial charge in [-0.15, -0.1) is 0 Å². The molecule has 1 aliphatic carbocycles. The van der Waals surface area contributed by atoms with E-state index in [0.29, 0.717) is 19.0 Å². The summed E-state index contributed by atoms with van der Waals surface area (Å²) in [6.07, 6.45) is 3.90. The number of carbonyl (C=O) groups excluding carboxylic acids is 1. The Labute approximate surface area is 135 Å². The van der Waals surface area contributed by atoms with Crippen molar-refractivity contribution in [2.24, 2.45) is 5.92 Å². The molecule has 23 heavy (non-hydrogen) atoms. The van der Waals surface area contributed by atoms with E-state index in [2.05, 4.69) is 6.07 Å². The molecule has 2 heterocycles. The summed E-state index contributed by atoms with van der Waals surface area (Å²) in [7, 11) is 0. The lowest BCUT2D eigenvalue weighted by atomic mass is 9.97. The number of carbonyl (C=O) groups is 1. The first-order valence-electron chi connectivity index (χ1n) is 8.35. The predicted molar refractivity (Wildman–Crippen MR) is 88.0 cm³/mol.